The third kappa shape index (κ3) is 3.63. The molecule has 0 bridgehead atoms. The van der Waals surface area contributed by atoms with E-state index in [1.54, 1.807) is 36.9 Å². The molecule has 1 amide bonds. The SMILES string of the molecule is COc1ccc(C2SCCN2C(=O)Cn2ncccc2=O)cc1OC. The second-order valence-electron chi connectivity index (χ2n) is 5.44. The first-order valence-electron chi connectivity index (χ1n) is 7.79. The van der Waals surface area contributed by atoms with Crippen LogP contribution in [-0.2, 0) is 11.3 Å². The van der Waals surface area contributed by atoms with Gasteiger partial charge >= 0.3 is 0 Å². The van der Waals surface area contributed by atoms with Crippen LogP contribution in [0.4, 0.5) is 0 Å². The molecular weight excluding hydrogens is 342 g/mol. The second kappa shape index (κ2) is 7.60. The van der Waals surface area contributed by atoms with E-state index in [0.717, 1.165) is 11.3 Å². The molecule has 1 atom stereocenters. The highest BCUT2D eigenvalue weighted by Gasteiger charge is 2.31. The molecule has 1 aliphatic rings. The van der Waals surface area contributed by atoms with Crippen LogP contribution in [0.25, 0.3) is 0 Å². The third-order valence-corrected chi connectivity index (χ3v) is 5.24. The number of carbonyl (C=O) groups excluding carboxylic acids is 1. The summed E-state index contributed by atoms with van der Waals surface area (Å²) in [4.78, 5) is 26.2. The van der Waals surface area contributed by atoms with Crippen LogP contribution in [0.5, 0.6) is 11.5 Å². The van der Waals surface area contributed by atoms with Crippen LogP contribution in [0.1, 0.15) is 10.9 Å². The molecule has 1 aromatic heterocycles. The van der Waals surface area contributed by atoms with Crippen molar-refractivity contribution in [2.24, 2.45) is 0 Å². The molecule has 0 N–H and O–H groups in total. The van der Waals surface area contributed by atoms with E-state index in [9.17, 15) is 9.59 Å². The molecule has 2 heterocycles. The van der Waals surface area contributed by atoms with Gasteiger partial charge in [0.05, 0.1) is 14.2 Å². The number of ether oxygens (including phenoxy) is 2. The highest BCUT2D eigenvalue weighted by Crippen LogP contribution is 2.41. The Morgan fingerprint density at radius 1 is 1.28 bits per heavy atom. The van der Waals surface area contributed by atoms with Crippen LogP contribution in [-0.4, -0.2) is 47.1 Å². The van der Waals surface area contributed by atoms with Crippen molar-refractivity contribution in [2.75, 3.05) is 26.5 Å². The largest absolute Gasteiger partial charge is 0.493 e. The zero-order valence-electron chi connectivity index (χ0n) is 14.0. The number of aromatic nitrogens is 2. The van der Waals surface area contributed by atoms with Crippen molar-refractivity contribution < 1.29 is 14.3 Å². The fourth-order valence-corrected chi connectivity index (χ4v) is 4.00. The zero-order valence-corrected chi connectivity index (χ0v) is 14.9. The molecule has 1 fully saturated rings. The quantitative estimate of drug-likeness (QED) is 0.804. The van der Waals surface area contributed by atoms with Crippen molar-refractivity contribution >= 4 is 17.7 Å². The van der Waals surface area contributed by atoms with E-state index in [4.69, 9.17) is 9.47 Å². The predicted molar refractivity (Wildman–Crippen MR) is 95.0 cm³/mol. The lowest BCUT2D eigenvalue weighted by molar-refractivity contribution is -0.132. The van der Waals surface area contributed by atoms with Crippen molar-refractivity contribution in [3.8, 4) is 11.5 Å². The lowest BCUT2D eigenvalue weighted by Crippen LogP contribution is -2.36. The van der Waals surface area contributed by atoms with Gasteiger partial charge in [0.2, 0.25) is 5.91 Å². The van der Waals surface area contributed by atoms with Crippen LogP contribution >= 0.6 is 11.8 Å². The lowest BCUT2D eigenvalue weighted by Gasteiger charge is -2.24. The number of methoxy groups -OCH3 is 2. The maximum atomic E-state index is 12.7. The third-order valence-electron chi connectivity index (χ3n) is 3.97. The lowest BCUT2D eigenvalue weighted by atomic mass is 10.1. The first-order chi connectivity index (χ1) is 12.1. The minimum Gasteiger partial charge on any atom is -0.493 e. The monoisotopic (exact) mass is 361 g/mol. The van der Waals surface area contributed by atoms with E-state index >= 15 is 0 Å². The summed E-state index contributed by atoms with van der Waals surface area (Å²) in [5, 5.41) is 3.83. The van der Waals surface area contributed by atoms with Crippen LogP contribution in [0.3, 0.4) is 0 Å². The van der Waals surface area contributed by atoms with Crippen LogP contribution in [0.2, 0.25) is 0 Å². The van der Waals surface area contributed by atoms with Crippen molar-refractivity contribution in [3.05, 3.63) is 52.4 Å². The number of hydrogen-bond acceptors (Lipinski definition) is 6. The number of rotatable bonds is 5. The van der Waals surface area contributed by atoms with Gasteiger partial charge in [-0.1, -0.05) is 6.07 Å². The Hall–Kier alpha value is -2.48. The van der Waals surface area contributed by atoms with E-state index in [2.05, 4.69) is 5.10 Å². The Kier molecular flexibility index (Phi) is 5.28. The van der Waals surface area contributed by atoms with E-state index in [1.807, 2.05) is 18.2 Å². The van der Waals surface area contributed by atoms with Gasteiger partial charge in [-0.05, 0) is 23.8 Å². The molecule has 8 heteroatoms. The fourth-order valence-electron chi connectivity index (χ4n) is 2.73. The summed E-state index contributed by atoms with van der Waals surface area (Å²) in [6, 6.07) is 8.60. The van der Waals surface area contributed by atoms with Gasteiger partial charge in [0.15, 0.2) is 11.5 Å². The molecule has 2 aromatic rings. The van der Waals surface area contributed by atoms with Crippen molar-refractivity contribution in [3.63, 3.8) is 0 Å². The highest BCUT2D eigenvalue weighted by molar-refractivity contribution is 7.99. The smallest absolute Gasteiger partial charge is 0.267 e. The minimum absolute atomic E-state index is 0.0655. The van der Waals surface area contributed by atoms with Gasteiger partial charge in [-0.2, -0.15) is 5.10 Å². The Labute approximate surface area is 149 Å². The zero-order chi connectivity index (χ0) is 17.8. The van der Waals surface area contributed by atoms with Gasteiger partial charge in [-0.15, -0.1) is 11.8 Å². The maximum absolute atomic E-state index is 12.7. The molecule has 7 nitrogen and oxygen atoms in total. The molecule has 0 saturated carbocycles. The van der Waals surface area contributed by atoms with Crippen LogP contribution < -0.4 is 15.0 Å². The van der Waals surface area contributed by atoms with Crippen LogP contribution in [0.15, 0.2) is 41.3 Å². The molecule has 0 radical (unpaired) electrons. The van der Waals surface area contributed by atoms with E-state index in [1.165, 1.54) is 16.9 Å². The van der Waals surface area contributed by atoms with Crippen molar-refractivity contribution in [2.45, 2.75) is 11.9 Å². The van der Waals surface area contributed by atoms with Gasteiger partial charge in [0.1, 0.15) is 11.9 Å². The number of benzene rings is 1. The first-order valence-corrected chi connectivity index (χ1v) is 8.84. The van der Waals surface area contributed by atoms with Gasteiger partial charge in [0.25, 0.3) is 5.56 Å². The van der Waals surface area contributed by atoms with E-state index < -0.39 is 0 Å². The predicted octanol–water partition coefficient (Wildman–Crippen LogP) is 1.53. The minimum atomic E-state index is -0.287. The summed E-state index contributed by atoms with van der Waals surface area (Å²) in [5.41, 5.74) is 0.673. The first kappa shape index (κ1) is 17.3. The van der Waals surface area contributed by atoms with Gasteiger partial charge in [-0.3, -0.25) is 9.59 Å². The van der Waals surface area contributed by atoms with Crippen molar-refractivity contribution in [1.82, 2.24) is 14.7 Å². The molecule has 0 aliphatic carbocycles. The summed E-state index contributed by atoms with van der Waals surface area (Å²) in [7, 11) is 3.17. The molecule has 0 spiro atoms. The molecule has 3 rings (SSSR count). The average Bonchev–Trinajstić information content (AvgIpc) is 3.13. The average molecular weight is 361 g/mol. The number of nitrogens with zero attached hydrogens (tertiary/aromatic N) is 3. The number of carbonyl (C=O) groups is 1. The van der Waals surface area contributed by atoms with Gasteiger partial charge in [0, 0.05) is 24.6 Å². The summed E-state index contributed by atoms with van der Waals surface area (Å²) in [5.74, 6) is 1.97. The molecule has 25 heavy (non-hydrogen) atoms. The molecule has 1 saturated heterocycles. The fraction of sp³-hybridized carbons (Fsp3) is 0.353. The number of hydrogen-bond donors (Lipinski definition) is 0. The van der Waals surface area contributed by atoms with Crippen molar-refractivity contribution in [1.29, 1.82) is 0 Å². The molecule has 1 aromatic carbocycles. The Balaban J connectivity index is 1.82. The van der Waals surface area contributed by atoms with Crippen LogP contribution in [0, 0.1) is 0 Å². The summed E-state index contributed by atoms with van der Waals surface area (Å²) < 4.78 is 11.8. The molecular formula is C17H19N3O4S. The summed E-state index contributed by atoms with van der Waals surface area (Å²) in [6.07, 6.45) is 1.50. The summed E-state index contributed by atoms with van der Waals surface area (Å²) >= 11 is 1.68. The Bertz CT molecular complexity index is 824. The Morgan fingerprint density at radius 2 is 2.08 bits per heavy atom. The van der Waals surface area contributed by atoms with Gasteiger partial charge in [-0.25, -0.2) is 4.68 Å². The number of amides is 1. The molecule has 1 aliphatic heterocycles. The van der Waals surface area contributed by atoms with E-state index in [-0.39, 0.29) is 23.4 Å². The Morgan fingerprint density at radius 3 is 2.80 bits per heavy atom. The normalized spacial score (nSPS) is 16.7. The maximum Gasteiger partial charge on any atom is 0.267 e. The van der Waals surface area contributed by atoms with E-state index in [0.29, 0.717) is 18.0 Å². The molecule has 1 unspecified atom stereocenters. The molecule has 132 valence electrons. The summed E-state index contributed by atoms with van der Waals surface area (Å²) in [6.45, 7) is 0.564. The highest BCUT2D eigenvalue weighted by atomic mass is 32.2. The second-order valence-corrected chi connectivity index (χ2v) is 6.63. The topological polar surface area (TPSA) is 73.7 Å². The standard InChI is InChI=1S/C17H19N3O4S/c1-23-13-6-5-12(10-14(13)24-2)17-19(8-9-25-17)16(22)11-20-15(21)4-3-7-18-20/h3-7,10,17H,8-9,11H2,1-2H3. The van der Waals surface area contributed by atoms with Gasteiger partial charge < -0.3 is 14.4 Å². The number of thioether (sulfide) groups is 1.